The molecular formula is C14H10O3. The molecule has 0 saturated heterocycles. The van der Waals surface area contributed by atoms with Crippen molar-refractivity contribution in [2.75, 3.05) is 0 Å². The Morgan fingerprint density at radius 2 is 1.88 bits per heavy atom. The van der Waals surface area contributed by atoms with Crippen LogP contribution in [0.5, 0.6) is 0 Å². The molecule has 0 saturated carbocycles. The van der Waals surface area contributed by atoms with Crippen molar-refractivity contribution in [1.29, 1.82) is 0 Å². The molecule has 0 amide bonds. The van der Waals surface area contributed by atoms with Crippen molar-refractivity contribution in [1.82, 2.24) is 0 Å². The third-order valence-electron chi connectivity index (χ3n) is 2.99. The summed E-state index contributed by atoms with van der Waals surface area (Å²) in [5, 5.41) is 0. The first kappa shape index (κ1) is 10.0. The van der Waals surface area contributed by atoms with E-state index in [-0.39, 0.29) is 18.0 Å². The molecule has 0 N–H and O–H groups in total. The SMILES string of the molecule is O=C1C=CC2=C(C1)C(=O)c1ccccc1CO2. The molecule has 3 rings (SSSR count). The summed E-state index contributed by atoms with van der Waals surface area (Å²) in [5.74, 6) is 0.386. The maximum atomic E-state index is 12.3. The zero-order chi connectivity index (χ0) is 11.8. The minimum atomic E-state index is -0.0919. The van der Waals surface area contributed by atoms with Crippen LogP contribution >= 0.6 is 0 Å². The normalized spacial score (nSPS) is 18.4. The summed E-state index contributed by atoms with van der Waals surface area (Å²) >= 11 is 0. The number of hydrogen-bond donors (Lipinski definition) is 0. The van der Waals surface area contributed by atoms with Gasteiger partial charge in [-0.15, -0.1) is 0 Å². The summed E-state index contributed by atoms with van der Waals surface area (Å²) in [4.78, 5) is 23.7. The molecule has 1 aliphatic heterocycles. The second kappa shape index (κ2) is 3.70. The van der Waals surface area contributed by atoms with Gasteiger partial charge in [0.05, 0.1) is 0 Å². The number of fused-ring (bicyclic) bond motifs is 1. The van der Waals surface area contributed by atoms with Crippen LogP contribution in [0.15, 0.2) is 47.7 Å². The number of ketones is 2. The van der Waals surface area contributed by atoms with E-state index in [2.05, 4.69) is 0 Å². The molecule has 1 aromatic carbocycles. The number of carbonyl (C=O) groups is 2. The van der Waals surface area contributed by atoms with Crippen molar-refractivity contribution in [2.24, 2.45) is 0 Å². The minimum absolute atomic E-state index is 0.0555. The van der Waals surface area contributed by atoms with Crippen molar-refractivity contribution in [3.05, 3.63) is 58.9 Å². The molecule has 0 atom stereocenters. The molecule has 0 bridgehead atoms. The molecule has 1 aromatic rings. The van der Waals surface area contributed by atoms with E-state index in [4.69, 9.17) is 4.74 Å². The van der Waals surface area contributed by atoms with Crippen LogP contribution in [0.2, 0.25) is 0 Å². The summed E-state index contributed by atoms with van der Waals surface area (Å²) in [6.45, 7) is 0.374. The average Bonchev–Trinajstić information content (AvgIpc) is 2.49. The maximum absolute atomic E-state index is 12.3. The molecular weight excluding hydrogens is 216 g/mol. The fourth-order valence-electron chi connectivity index (χ4n) is 2.10. The van der Waals surface area contributed by atoms with Crippen molar-refractivity contribution in [2.45, 2.75) is 13.0 Å². The molecule has 0 spiro atoms. The number of ether oxygens (including phenoxy) is 1. The standard InChI is InChI=1S/C14H10O3/c15-10-5-6-13-12(7-10)14(16)11-4-2-1-3-9(11)8-17-13/h1-6H,7-8H2. The number of carbonyl (C=O) groups excluding carboxylic acids is 2. The van der Waals surface area contributed by atoms with E-state index in [1.807, 2.05) is 18.2 Å². The van der Waals surface area contributed by atoms with Gasteiger partial charge in [-0.05, 0) is 12.2 Å². The lowest BCUT2D eigenvalue weighted by Crippen LogP contribution is -2.12. The third kappa shape index (κ3) is 1.60. The first-order chi connectivity index (χ1) is 8.25. The molecule has 1 heterocycles. The van der Waals surface area contributed by atoms with Crippen molar-refractivity contribution >= 4 is 11.6 Å². The van der Waals surface area contributed by atoms with Gasteiger partial charge in [-0.2, -0.15) is 0 Å². The van der Waals surface area contributed by atoms with Gasteiger partial charge in [-0.3, -0.25) is 9.59 Å². The lowest BCUT2D eigenvalue weighted by atomic mass is 9.93. The Morgan fingerprint density at radius 1 is 1.06 bits per heavy atom. The number of hydrogen-bond acceptors (Lipinski definition) is 3. The molecule has 0 fully saturated rings. The predicted molar refractivity (Wildman–Crippen MR) is 61.4 cm³/mol. The smallest absolute Gasteiger partial charge is 0.193 e. The van der Waals surface area contributed by atoms with Crippen LogP contribution in [0.1, 0.15) is 22.3 Å². The Labute approximate surface area is 98.4 Å². The van der Waals surface area contributed by atoms with E-state index in [0.29, 0.717) is 23.5 Å². The summed E-state index contributed by atoms with van der Waals surface area (Å²) in [7, 11) is 0. The summed E-state index contributed by atoms with van der Waals surface area (Å²) in [5.41, 5.74) is 1.98. The summed E-state index contributed by atoms with van der Waals surface area (Å²) in [6, 6.07) is 7.35. The molecule has 3 heteroatoms. The quantitative estimate of drug-likeness (QED) is 0.681. The van der Waals surface area contributed by atoms with Gasteiger partial charge >= 0.3 is 0 Å². The van der Waals surface area contributed by atoms with Gasteiger partial charge < -0.3 is 4.74 Å². The van der Waals surface area contributed by atoms with Crippen LogP contribution in [0, 0.1) is 0 Å². The molecule has 0 radical (unpaired) electrons. The molecule has 3 nitrogen and oxygen atoms in total. The predicted octanol–water partition coefficient (Wildman–Crippen LogP) is 2.18. The highest BCUT2D eigenvalue weighted by atomic mass is 16.5. The first-order valence-corrected chi connectivity index (χ1v) is 5.45. The Bertz CT molecular complexity index is 579. The Kier molecular flexibility index (Phi) is 2.18. The van der Waals surface area contributed by atoms with Gasteiger partial charge in [0.2, 0.25) is 0 Å². The summed E-state index contributed by atoms with van der Waals surface area (Å²) < 4.78 is 5.57. The molecule has 84 valence electrons. The van der Waals surface area contributed by atoms with Crippen molar-refractivity contribution in [3.8, 4) is 0 Å². The fourth-order valence-corrected chi connectivity index (χ4v) is 2.10. The molecule has 17 heavy (non-hydrogen) atoms. The molecule has 1 aliphatic carbocycles. The summed E-state index contributed by atoms with van der Waals surface area (Å²) in [6.07, 6.45) is 3.19. The number of benzene rings is 1. The second-order valence-electron chi connectivity index (χ2n) is 4.09. The van der Waals surface area contributed by atoms with Crippen LogP contribution in [0.4, 0.5) is 0 Å². The van der Waals surface area contributed by atoms with E-state index in [9.17, 15) is 9.59 Å². The van der Waals surface area contributed by atoms with Crippen LogP contribution in [-0.2, 0) is 16.1 Å². The lowest BCUT2D eigenvalue weighted by molar-refractivity contribution is -0.114. The zero-order valence-corrected chi connectivity index (χ0v) is 9.10. The van der Waals surface area contributed by atoms with E-state index < -0.39 is 0 Å². The third-order valence-corrected chi connectivity index (χ3v) is 2.99. The second-order valence-corrected chi connectivity index (χ2v) is 4.09. The monoisotopic (exact) mass is 226 g/mol. The molecule has 0 aromatic heterocycles. The van der Waals surface area contributed by atoms with Crippen molar-refractivity contribution in [3.63, 3.8) is 0 Å². The Hall–Kier alpha value is -2.16. The van der Waals surface area contributed by atoms with Crippen molar-refractivity contribution < 1.29 is 14.3 Å². The Morgan fingerprint density at radius 3 is 2.76 bits per heavy atom. The van der Waals surface area contributed by atoms with Gasteiger partial charge in [0.15, 0.2) is 11.6 Å². The topological polar surface area (TPSA) is 43.4 Å². The lowest BCUT2D eigenvalue weighted by Gasteiger charge is -2.11. The molecule has 2 aliphatic rings. The van der Waals surface area contributed by atoms with Crippen LogP contribution < -0.4 is 0 Å². The van der Waals surface area contributed by atoms with E-state index in [0.717, 1.165) is 5.56 Å². The fraction of sp³-hybridized carbons (Fsp3) is 0.143. The number of allylic oxidation sites excluding steroid dienone is 3. The van der Waals surface area contributed by atoms with Crippen LogP contribution in [0.25, 0.3) is 0 Å². The highest BCUT2D eigenvalue weighted by molar-refractivity contribution is 6.14. The molecule has 0 unspecified atom stereocenters. The highest BCUT2D eigenvalue weighted by Crippen LogP contribution is 2.28. The zero-order valence-electron chi connectivity index (χ0n) is 9.10. The van der Waals surface area contributed by atoms with Gasteiger partial charge in [-0.1, -0.05) is 24.3 Å². The largest absolute Gasteiger partial charge is 0.488 e. The number of rotatable bonds is 0. The van der Waals surface area contributed by atoms with Crippen LogP contribution in [-0.4, -0.2) is 11.6 Å². The minimum Gasteiger partial charge on any atom is -0.488 e. The maximum Gasteiger partial charge on any atom is 0.193 e. The van der Waals surface area contributed by atoms with Gasteiger partial charge in [0.1, 0.15) is 12.4 Å². The average molecular weight is 226 g/mol. The van der Waals surface area contributed by atoms with E-state index >= 15 is 0 Å². The highest BCUT2D eigenvalue weighted by Gasteiger charge is 2.26. The van der Waals surface area contributed by atoms with E-state index in [1.54, 1.807) is 12.1 Å². The first-order valence-electron chi connectivity index (χ1n) is 5.45. The van der Waals surface area contributed by atoms with Gasteiger partial charge in [0.25, 0.3) is 0 Å². The Balaban J connectivity index is 2.13. The van der Waals surface area contributed by atoms with Crippen LogP contribution in [0.3, 0.4) is 0 Å². The van der Waals surface area contributed by atoms with Gasteiger partial charge in [0, 0.05) is 23.1 Å². The number of Topliss-reactive ketones (excluding diaryl/α,β-unsaturated/α-hetero) is 1. The van der Waals surface area contributed by atoms with E-state index in [1.165, 1.54) is 6.08 Å². The van der Waals surface area contributed by atoms with Gasteiger partial charge in [-0.25, -0.2) is 0 Å².